The highest BCUT2D eigenvalue weighted by Gasteiger charge is 2.27. The molecule has 0 bridgehead atoms. The number of hydrogen-bond acceptors (Lipinski definition) is 11. The summed E-state index contributed by atoms with van der Waals surface area (Å²) in [6.07, 6.45) is 5.62. The van der Waals surface area contributed by atoms with Crippen LogP contribution in [-0.4, -0.2) is 50.3 Å². The van der Waals surface area contributed by atoms with E-state index in [0.717, 1.165) is 78.9 Å². The molecule has 0 aliphatic heterocycles. The first-order valence-electron chi connectivity index (χ1n) is 23.0. The number of esters is 4. The van der Waals surface area contributed by atoms with Gasteiger partial charge in [-0.1, -0.05) is 123 Å². The summed E-state index contributed by atoms with van der Waals surface area (Å²) in [7, 11) is 0. The molecule has 8 aromatic rings. The van der Waals surface area contributed by atoms with Crippen molar-refractivity contribution in [1.82, 2.24) is 0 Å². The Morgan fingerprint density at radius 2 is 0.634 bits per heavy atom. The molecule has 0 N–H and O–H groups in total. The van der Waals surface area contributed by atoms with E-state index >= 15 is 0 Å². The van der Waals surface area contributed by atoms with Crippen LogP contribution in [-0.2, 0) is 63.8 Å². The lowest BCUT2D eigenvalue weighted by atomic mass is 9.88. The fourth-order valence-electron chi connectivity index (χ4n) is 8.81. The molecule has 0 radical (unpaired) electrons. The number of benzene rings is 8. The van der Waals surface area contributed by atoms with Crippen molar-refractivity contribution in [2.24, 2.45) is 0 Å². The molecular weight excluding hydrogens is 897 g/mol. The van der Waals surface area contributed by atoms with E-state index in [4.69, 9.17) is 33.2 Å². The first kappa shape index (κ1) is 48.5. The highest BCUT2D eigenvalue weighted by molar-refractivity contribution is 6.11. The van der Waals surface area contributed by atoms with Crippen molar-refractivity contribution < 1.29 is 52.3 Å². The molecular formula is C60H50O11. The van der Waals surface area contributed by atoms with Crippen molar-refractivity contribution in [2.45, 2.75) is 25.7 Å². The Morgan fingerprint density at radius 1 is 0.338 bits per heavy atom. The quantitative estimate of drug-likeness (QED) is 0.0278. The van der Waals surface area contributed by atoms with E-state index in [-0.39, 0.29) is 39.3 Å². The first-order chi connectivity index (χ1) is 34.7. The van der Waals surface area contributed by atoms with Crippen molar-refractivity contribution in [1.29, 1.82) is 0 Å². The fourth-order valence-corrected chi connectivity index (χ4v) is 8.81. The Balaban J connectivity index is 1.49. The number of carbonyl (C=O) groups is 4. The normalized spacial score (nSPS) is 10.9. The molecule has 71 heavy (non-hydrogen) atoms. The van der Waals surface area contributed by atoms with Gasteiger partial charge in [-0.15, -0.1) is 0 Å². The number of rotatable bonds is 22. The van der Waals surface area contributed by atoms with Crippen LogP contribution in [0.2, 0.25) is 0 Å². The molecule has 0 amide bonds. The van der Waals surface area contributed by atoms with Gasteiger partial charge in [0.2, 0.25) is 0 Å². The molecule has 0 saturated carbocycles. The molecule has 0 spiro atoms. The van der Waals surface area contributed by atoms with Crippen LogP contribution in [0.3, 0.4) is 0 Å². The Bertz CT molecular complexity index is 3120. The van der Waals surface area contributed by atoms with E-state index in [1.54, 1.807) is 0 Å². The van der Waals surface area contributed by atoms with Crippen LogP contribution in [0.15, 0.2) is 184 Å². The number of ether oxygens (including phenoxy) is 7. The van der Waals surface area contributed by atoms with Crippen molar-refractivity contribution in [3.8, 4) is 34.5 Å². The van der Waals surface area contributed by atoms with Gasteiger partial charge in [-0.2, -0.15) is 0 Å². The molecule has 0 aliphatic rings. The largest absolute Gasteiger partial charge is 0.462 e. The highest BCUT2D eigenvalue weighted by Crippen LogP contribution is 2.52. The standard InChI is InChI=1S/C60H50O11/c1-5-53(61)65-35-31-45-41-23-15-17-25-43(41)49(33-37-67-55(63)7-3)57-47(45)27-29-51(69-39-19-11-9-12-20-39)59(57)71-60-52(70-40-21-13-10-14-22-40)30-28-48-46(32-36-66-54(62)6-2)42-24-16-18-26-44(42)50(58(48)60)34-38-68-56(64)8-4/h5-30H,1-4,31-38H2. The Morgan fingerprint density at radius 3 is 0.958 bits per heavy atom. The SMILES string of the molecule is C=CC(=O)OCCc1c2ccccc2c(CCOC(=O)C=C)c2c(Oc3c(Oc4ccccc4)ccc4c(CCOC(=O)C=C)c5ccccc5c(CCOC(=O)C=C)c34)c(Oc3ccccc3)ccc12. The minimum Gasteiger partial charge on any atom is -0.462 e. The number of fused-ring (bicyclic) bond motifs is 4. The first-order valence-corrected chi connectivity index (χ1v) is 23.0. The van der Waals surface area contributed by atoms with Gasteiger partial charge in [0.15, 0.2) is 23.0 Å². The molecule has 8 rings (SSSR count). The van der Waals surface area contributed by atoms with Crippen LogP contribution in [0.5, 0.6) is 34.5 Å². The van der Waals surface area contributed by atoms with E-state index in [2.05, 4.69) is 26.3 Å². The lowest BCUT2D eigenvalue weighted by Gasteiger charge is -2.25. The van der Waals surface area contributed by atoms with Gasteiger partial charge in [0.05, 0.1) is 26.4 Å². The summed E-state index contributed by atoms with van der Waals surface area (Å²) >= 11 is 0. The summed E-state index contributed by atoms with van der Waals surface area (Å²) in [6, 6.07) is 42.0. The molecule has 0 heterocycles. The third kappa shape index (κ3) is 11.0. The van der Waals surface area contributed by atoms with Gasteiger partial charge < -0.3 is 33.2 Å². The molecule has 0 saturated heterocycles. The van der Waals surface area contributed by atoms with Gasteiger partial charge in [-0.3, -0.25) is 0 Å². The fraction of sp³-hybridized carbons (Fsp3) is 0.133. The molecule has 0 aromatic heterocycles. The summed E-state index contributed by atoms with van der Waals surface area (Å²) in [5, 5.41) is 6.26. The zero-order valence-corrected chi connectivity index (χ0v) is 39.0. The van der Waals surface area contributed by atoms with Crippen molar-refractivity contribution in [3.05, 3.63) is 206 Å². The molecule has 0 fully saturated rings. The van der Waals surface area contributed by atoms with E-state index in [9.17, 15) is 19.2 Å². The third-order valence-electron chi connectivity index (χ3n) is 11.8. The van der Waals surface area contributed by atoms with Crippen LogP contribution < -0.4 is 14.2 Å². The van der Waals surface area contributed by atoms with Crippen molar-refractivity contribution in [3.63, 3.8) is 0 Å². The lowest BCUT2D eigenvalue weighted by Crippen LogP contribution is -2.09. The average Bonchev–Trinajstić information content (AvgIpc) is 3.40. The summed E-state index contributed by atoms with van der Waals surface area (Å²) in [5.41, 5.74) is 3.29. The summed E-state index contributed by atoms with van der Waals surface area (Å²) < 4.78 is 43.7. The van der Waals surface area contributed by atoms with E-state index in [1.807, 2.05) is 133 Å². The maximum Gasteiger partial charge on any atom is 0.330 e. The Hall–Kier alpha value is -8.96. The number of carbonyl (C=O) groups excluding carboxylic acids is 4. The topological polar surface area (TPSA) is 133 Å². The zero-order chi connectivity index (χ0) is 49.7. The summed E-state index contributed by atoms with van der Waals surface area (Å²) in [6.45, 7) is 14.4. The van der Waals surface area contributed by atoms with Gasteiger partial charge in [0.25, 0.3) is 0 Å². The predicted molar refractivity (Wildman–Crippen MR) is 275 cm³/mol. The Kier molecular flexibility index (Phi) is 15.6. The van der Waals surface area contributed by atoms with Crippen LogP contribution in [0.25, 0.3) is 43.1 Å². The molecule has 0 aliphatic carbocycles. The molecule has 11 heteroatoms. The Labute approximate surface area is 410 Å². The number of para-hydroxylation sites is 2. The van der Waals surface area contributed by atoms with Crippen LogP contribution in [0.4, 0.5) is 0 Å². The summed E-state index contributed by atoms with van der Waals surface area (Å²) in [5.74, 6) is 0.0946. The zero-order valence-electron chi connectivity index (χ0n) is 39.0. The highest BCUT2D eigenvalue weighted by atomic mass is 16.6. The maximum atomic E-state index is 12.5. The average molecular weight is 947 g/mol. The second-order valence-electron chi connectivity index (χ2n) is 16.1. The second kappa shape index (κ2) is 22.9. The second-order valence-corrected chi connectivity index (χ2v) is 16.1. The molecule has 0 atom stereocenters. The molecule has 0 unspecified atom stereocenters. The third-order valence-corrected chi connectivity index (χ3v) is 11.8. The van der Waals surface area contributed by atoms with Gasteiger partial charge >= 0.3 is 23.9 Å². The predicted octanol–water partition coefficient (Wildman–Crippen LogP) is 12.8. The van der Waals surface area contributed by atoms with Crippen molar-refractivity contribution >= 4 is 67.0 Å². The monoisotopic (exact) mass is 946 g/mol. The van der Waals surface area contributed by atoms with Gasteiger partial charge in [-0.05, 0) is 91.0 Å². The molecule has 356 valence electrons. The van der Waals surface area contributed by atoms with E-state index in [1.165, 1.54) is 0 Å². The van der Waals surface area contributed by atoms with Gasteiger partial charge in [0.1, 0.15) is 11.5 Å². The van der Waals surface area contributed by atoms with E-state index < -0.39 is 23.9 Å². The summed E-state index contributed by atoms with van der Waals surface area (Å²) in [4.78, 5) is 49.9. The smallest absolute Gasteiger partial charge is 0.330 e. The van der Waals surface area contributed by atoms with Gasteiger partial charge in [-0.25, -0.2) is 19.2 Å². The number of hydrogen-bond donors (Lipinski definition) is 0. The van der Waals surface area contributed by atoms with E-state index in [0.29, 0.717) is 58.1 Å². The maximum absolute atomic E-state index is 12.5. The van der Waals surface area contributed by atoms with Crippen LogP contribution in [0, 0.1) is 0 Å². The minimum atomic E-state index is -0.573. The van der Waals surface area contributed by atoms with Gasteiger partial charge in [0, 0.05) is 60.8 Å². The molecule has 11 nitrogen and oxygen atoms in total. The van der Waals surface area contributed by atoms with Crippen molar-refractivity contribution in [2.75, 3.05) is 26.4 Å². The molecule has 8 aromatic carbocycles. The van der Waals surface area contributed by atoms with Crippen LogP contribution in [0.1, 0.15) is 22.3 Å². The minimum absolute atomic E-state index is 0.000554. The van der Waals surface area contributed by atoms with Crippen LogP contribution >= 0.6 is 0 Å². The lowest BCUT2D eigenvalue weighted by molar-refractivity contribution is -0.138.